The molecule has 228 valence electrons. The summed E-state index contributed by atoms with van der Waals surface area (Å²) in [5.74, 6) is -0.484. The first-order valence-electron chi connectivity index (χ1n) is 14.7. The third-order valence-electron chi connectivity index (χ3n) is 8.29. The van der Waals surface area contributed by atoms with E-state index >= 15 is 0 Å². The molecule has 1 aromatic carbocycles. The fourth-order valence-corrected chi connectivity index (χ4v) is 6.03. The average molecular weight is 604 g/mol. The number of nitrogens with one attached hydrogen (secondary N) is 2. The van der Waals surface area contributed by atoms with Crippen LogP contribution in [0, 0.1) is 5.92 Å². The van der Waals surface area contributed by atoms with Crippen molar-refractivity contribution in [2.45, 2.75) is 57.2 Å². The quantitative estimate of drug-likeness (QED) is 0.249. The van der Waals surface area contributed by atoms with Crippen molar-refractivity contribution in [2.24, 2.45) is 5.92 Å². The third kappa shape index (κ3) is 6.01. The number of rotatable bonds is 3. The fraction of sp³-hybridized carbons (Fsp3) is 0.344. The average Bonchev–Trinajstić information content (AvgIpc) is 3.43. The minimum atomic E-state index is -4.55. The summed E-state index contributed by atoms with van der Waals surface area (Å²) in [6.45, 7) is 0.670. The van der Waals surface area contributed by atoms with Crippen LogP contribution >= 0.6 is 0 Å². The van der Waals surface area contributed by atoms with E-state index in [2.05, 4.69) is 32.8 Å². The van der Waals surface area contributed by atoms with E-state index in [1.54, 1.807) is 30.5 Å². The molecule has 2 amide bonds. The van der Waals surface area contributed by atoms with Crippen LogP contribution in [0.4, 0.5) is 24.8 Å². The van der Waals surface area contributed by atoms with E-state index in [-0.39, 0.29) is 29.2 Å². The second-order valence-electron chi connectivity index (χ2n) is 11.3. The molecule has 0 spiro atoms. The molecule has 4 heterocycles. The SMILES string of the molecule is Nc1ncc2c3c1c(-c1ccc(C(=O)Nc4cc(C(F)(F)F)ccn4)cc1)nn3[C@@H]1CCC[C@H](C1)C(=O)NCCCCC=C2. The summed E-state index contributed by atoms with van der Waals surface area (Å²) in [5, 5.41) is 11.3. The minimum absolute atomic E-state index is 0.0161. The van der Waals surface area contributed by atoms with Gasteiger partial charge in [0.05, 0.1) is 22.5 Å². The summed E-state index contributed by atoms with van der Waals surface area (Å²) in [6.07, 6.45) is 8.34. The maximum Gasteiger partial charge on any atom is 0.416 e. The molecule has 1 aliphatic heterocycles. The molecule has 1 aliphatic carbocycles. The number of carbonyl (C=O) groups excluding carboxylic acids is 2. The Bertz CT molecular complexity index is 1730. The van der Waals surface area contributed by atoms with Gasteiger partial charge in [0, 0.05) is 41.5 Å². The molecule has 4 aromatic rings. The maximum absolute atomic E-state index is 13.1. The number of hydrogen-bond acceptors (Lipinski definition) is 6. The van der Waals surface area contributed by atoms with Gasteiger partial charge in [0.15, 0.2) is 0 Å². The van der Waals surface area contributed by atoms with Crippen molar-refractivity contribution in [1.82, 2.24) is 25.1 Å². The lowest BCUT2D eigenvalue weighted by atomic mass is 9.85. The van der Waals surface area contributed by atoms with Gasteiger partial charge in [-0.1, -0.05) is 30.7 Å². The monoisotopic (exact) mass is 603 g/mol. The minimum Gasteiger partial charge on any atom is -0.383 e. The molecular formula is C32H32F3N7O2. The molecule has 1 saturated carbocycles. The summed E-state index contributed by atoms with van der Waals surface area (Å²) in [4.78, 5) is 34.1. The summed E-state index contributed by atoms with van der Waals surface area (Å²) in [6, 6.07) is 8.22. The Balaban J connectivity index is 1.36. The summed E-state index contributed by atoms with van der Waals surface area (Å²) < 4.78 is 41.3. The summed E-state index contributed by atoms with van der Waals surface area (Å²) in [5.41, 5.74) is 8.84. The normalized spacial score (nSPS) is 19.3. The number of carbonyl (C=O) groups is 2. The lowest BCUT2D eigenvalue weighted by molar-refractivity contribution is -0.137. The van der Waals surface area contributed by atoms with Crippen molar-refractivity contribution in [3.8, 4) is 11.3 Å². The predicted molar refractivity (Wildman–Crippen MR) is 161 cm³/mol. The van der Waals surface area contributed by atoms with E-state index in [1.165, 1.54) is 0 Å². The molecule has 4 N–H and O–H groups in total. The van der Waals surface area contributed by atoms with Crippen LogP contribution in [0.5, 0.6) is 0 Å². The molecule has 6 rings (SSSR count). The van der Waals surface area contributed by atoms with Crippen molar-refractivity contribution in [3.63, 3.8) is 0 Å². The molecule has 0 unspecified atom stereocenters. The molecule has 0 saturated heterocycles. The standard InChI is InChI=1S/C32H32F3N7O2/c33-32(34,35)23-13-15-37-25(17-23)40-31(44)20-11-9-19(10-12-20)27-26-28-22(18-39-29(26)36)6-3-1-2-4-14-38-30(43)21-7-5-8-24(16-21)42(28)41-27/h3,6,9-13,15,17-18,21,24H,1-2,4-5,7-8,14,16H2,(H2,36,39)(H,38,43)(H,37,40,44)/t21-,24-/m1/s1. The molecule has 44 heavy (non-hydrogen) atoms. The van der Waals surface area contributed by atoms with Crippen LogP contribution in [-0.2, 0) is 11.0 Å². The van der Waals surface area contributed by atoms with E-state index in [1.807, 2.05) is 4.68 Å². The van der Waals surface area contributed by atoms with Crippen LogP contribution in [-0.4, -0.2) is 38.1 Å². The molecule has 2 bridgehead atoms. The number of anilines is 2. The van der Waals surface area contributed by atoms with E-state index in [0.29, 0.717) is 35.4 Å². The predicted octanol–water partition coefficient (Wildman–Crippen LogP) is 6.39. The van der Waals surface area contributed by atoms with Crippen molar-refractivity contribution in [1.29, 1.82) is 0 Å². The summed E-state index contributed by atoms with van der Waals surface area (Å²) >= 11 is 0. The zero-order chi connectivity index (χ0) is 30.8. The first-order valence-corrected chi connectivity index (χ1v) is 14.7. The molecule has 3 aromatic heterocycles. The zero-order valence-corrected chi connectivity index (χ0v) is 23.9. The number of nitrogens with zero attached hydrogens (tertiary/aromatic N) is 4. The van der Waals surface area contributed by atoms with Gasteiger partial charge in [-0.2, -0.15) is 18.3 Å². The number of fused-ring (bicyclic) bond motifs is 3. The Kier molecular flexibility index (Phi) is 8.07. The van der Waals surface area contributed by atoms with Crippen molar-refractivity contribution in [2.75, 3.05) is 17.6 Å². The van der Waals surface area contributed by atoms with Gasteiger partial charge in [-0.15, -0.1) is 0 Å². The highest BCUT2D eigenvalue weighted by Gasteiger charge is 2.32. The third-order valence-corrected chi connectivity index (χ3v) is 8.29. The number of allylic oxidation sites excluding steroid dienone is 1. The number of hydrogen-bond donors (Lipinski definition) is 3. The van der Waals surface area contributed by atoms with Crippen molar-refractivity contribution < 1.29 is 22.8 Å². The Morgan fingerprint density at radius 1 is 1.07 bits per heavy atom. The first kappa shape index (κ1) is 29.3. The molecule has 12 heteroatoms. The first-order chi connectivity index (χ1) is 21.2. The zero-order valence-electron chi connectivity index (χ0n) is 23.9. The van der Waals surface area contributed by atoms with E-state index in [4.69, 9.17) is 10.8 Å². The fourth-order valence-electron chi connectivity index (χ4n) is 6.03. The highest BCUT2D eigenvalue weighted by atomic mass is 19.4. The number of amides is 2. The molecule has 9 nitrogen and oxygen atoms in total. The van der Waals surface area contributed by atoms with E-state index < -0.39 is 17.6 Å². The molecule has 1 fully saturated rings. The number of nitrogen functional groups attached to an aromatic ring is 1. The Labute approximate surface area is 251 Å². The van der Waals surface area contributed by atoms with Crippen LogP contribution in [0.1, 0.15) is 72.5 Å². The highest BCUT2D eigenvalue weighted by molar-refractivity contribution is 6.06. The smallest absolute Gasteiger partial charge is 0.383 e. The van der Waals surface area contributed by atoms with E-state index in [9.17, 15) is 22.8 Å². The van der Waals surface area contributed by atoms with Crippen LogP contribution in [0.25, 0.3) is 28.2 Å². The molecule has 2 aliphatic rings. The van der Waals surface area contributed by atoms with Crippen LogP contribution in [0.15, 0.2) is 54.9 Å². The lowest BCUT2D eigenvalue weighted by Gasteiger charge is -2.29. The van der Waals surface area contributed by atoms with Gasteiger partial charge in [0.25, 0.3) is 5.91 Å². The lowest BCUT2D eigenvalue weighted by Crippen LogP contribution is -2.35. The van der Waals surface area contributed by atoms with Crippen LogP contribution in [0.3, 0.4) is 0 Å². The van der Waals surface area contributed by atoms with Crippen molar-refractivity contribution in [3.05, 3.63) is 71.6 Å². The maximum atomic E-state index is 13.1. The Hall–Kier alpha value is -4.74. The van der Waals surface area contributed by atoms with Gasteiger partial charge in [-0.25, -0.2) is 9.97 Å². The Morgan fingerprint density at radius 3 is 2.68 bits per heavy atom. The molecule has 2 atom stereocenters. The van der Waals surface area contributed by atoms with Gasteiger partial charge in [0.1, 0.15) is 17.3 Å². The van der Waals surface area contributed by atoms with Gasteiger partial charge >= 0.3 is 6.18 Å². The van der Waals surface area contributed by atoms with E-state index in [0.717, 1.165) is 67.9 Å². The van der Waals surface area contributed by atoms with Gasteiger partial charge in [-0.3, -0.25) is 14.3 Å². The van der Waals surface area contributed by atoms with Crippen molar-refractivity contribution >= 4 is 40.4 Å². The van der Waals surface area contributed by atoms with Crippen LogP contribution in [0.2, 0.25) is 0 Å². The summed E-state index contributed by atoms with van der Waals surface area (Å²) in [7, 11) is 0. The Morgan fingerprint density at radius 2 is 1.89 bits per heavy atom. The van der Waals surface area contributed by atoms with Crippen LogP contribution < -0.4 is 16.4 Å². The number of aromatic nitrogens is 4. The topological polar surface area (TPSA) is 128 Å². The number of pyridine rings is 2. The van der Waals surface area contributed by atoms with Gasteiger partial charge < -0.3 is 16.4 Å². The largest absolute Gasteiger partial charge is 0.416 e. The number of benzene rings is 1. The van der Waals surface area contributed by atoms with Gasteiger partial charge in [0.2, 0.25) is 5.91 Å². The number of nitrogens with two attached hydrogens (primary N) is 1. The second-order valence-corrected chi connectivity index (χ2v) is 11.3. The molecular weight excluding hydrogens is 571 g/mol. The number of alkyl halides is 3. The molecule has 0 radical (unpaired) electrons. The van der Waals surface area contributed by atoms with Gasteiger partial charge in [-0.05, 0) is 62.8 Å². The number of halogens is 3. The second kappa shape index (κ2) is 12.1. The highest BCUT2D eigenvalue weighted by Crippen LogP contribution is 2.40.